The molecule has 0 aromatic heterocycles. The second-order valence-electron chi connectivity index (χ2n) is 6.25. The number of nitrogens with zero attached hydrogens (tertiary/aromatic N) is 1. The van der Waals surface area contributed by atoms with Gasteiger partial charge in [-0.2, -0.15) is 0 Å². The maximum absolute atomic E-state index is 12.2. The molecule has 0 aliphatic carbocycles. The van der Waals surface area contributed by atoms with E-state index in [1.165, 1.54) is 0 Å². The van der Waals surface area contributed by atoms with Gasteiger partial charge in [0, 0.05) is 12.1 Å². The number of likely N-dealkylation sites (tertiary alicyclic amines) is 1. The number of amides is 1. The van der Waals surface area contributed by atoms with E-state index in [-0.39, 0.29) is 16.9 Å². The maximum Gasteiger partial charge on any atom is 0.240 e. The topological polar surface area (TPSA) is 46.3 Å². The molecule has 1 aliphatic heterocycles. The molecule has 1 unspecified atom stereocenters. The highest BCUT2D eigenvalue weighted by molar-refractivity contribution is 5.83. The summed E-state index contributed by atoms with van der Waals surface area (Å²) in [6.07, 6.45) is 2.17. The standard InChI is InChI=1S/C12H24N2O/c1-11(2,3)9(13)10(15)14-8-6-7-12(14,4)5/h9H,6-8,13H2,1-5H3. The summed E-state index contributed by atoms with van der Waals surface area (Å²) in [5.41, 5.74) is 5.83. The molecule has 1 rings (SSSR count). The van der Waals surface area contributed by atoms with Gasteiger partial charge < -0.3 is 10.6 Å². The third kappa shape index (κ3) is 2.51. The lowest BCUT2D eigenvalue weighted by Gasteiger charge is -2.37. The fraction of sp³-hybridized carbons (Fsp3) is 0.917. The Bertz CT molecular complexity index is 253. The number of carbonyl (C=O) groups excluding carboxylic acids is 1. The Morgan fingerprint density at radius 1 is 1.40 bits per heavy atom. The van der Waals surface area contributed by atoms with Crippen molar-refractivity contribution in [2.24, 2.45) is 11.1 Å². The van der Waals surface area contributed by atoms with Crippen LogP contribution in [0.5, 0.6) is 0 Å². The smallest absolute Gasteiger partial charge is 0.240 e. The third-order valence-corrected chi connectivity index (χ3v) is 3.37. The van der Waals surface area contributed by atoms with Crippen LogP contribution in [0, 0.1) is 5.41 Å². The molecule has 0 radical (unpaired) electrons. The van der Waals surface area contributed by atoms with Gasteiger partial charge in [0.2, 0.25) is 5.91 Å². The van der Waals surface area contributed by atoms with Crippen LogP contribution in [-0.2, 0) is 4.79 Å². The maximum atomic E-state index is 12.2. The van der Waals surface area contributed by atoms with E-state index in [2.05, 4.69) is 13.8 Å². The van der Waals surface area contributed by atoms with Crippen molar-refractivity contribution in [3.63, 3.8) is 0 Å². The average molecular weight is 212 g/mol. The SMILES string of the molecule is CC(C)(C)C(N)C(=O)N1CCCC1(C)C. The minimum atomic E-state index is -0.394. The molecule has 2 N–H and O–H groups in total. The van der Waals surface area contributed by atoms with Crippen LogP contribution in [0.1, 0.15) is 47.5 Å². The normalized spacial score (nSPS) is 22.9. The molecule has 0 spiro atoms. The second kappa shape index (κ2) is 3.78. The molecular formula is C12H24N2O. The van der Waals surface area contributed by atoms with Gasteiger partial charge >= 0.3 is 0 Å². The molecule has 88 valence electrons. The summed E-state index contributed by atoms with van der Waals surface area (Å²) >= 11 is 0. The van der Waals surface area contributed by atoms with E-state index in [1.807, 2.05) is 25.7 Å². The number of hydrogen-bond acceptors (Lipinski definition) is 2. The summed E-state index contributed by atoms with van der Waals surface area (Å²) in [6, 6.07) is -0.394. The quantitative estimate of drug-likeness (QED) is 0.720. The zero-order valence-corrected chi connectivity index (χ0v) is 10.6. The molecule has 3 heteroatoms. The Labute approximate surface area is 93.0 Å². The fourth-order valence-electron chi connectivity index (χ4n) is 2.05. The predicted molar refractivity (Wildman–Crippen MR) is 62.5 cm³/mol. The van der Waals surface area contributed by atoms with Gasteiger partial charge in [0.1, 0.15) is 0 Å². The van der Waals surface area contributed by atoms with E-state index < -0.39 is 6.04 Å². The van der Waals surface area contributed by atoms with Crippen molar-refractivity contribution in [2.45, 2.75) is 59.0 Å². The molecule has 0 saturated carbocycles. The first-order valence-electron chi connectivity index (χ1n) is 5.73. The van der Waals surface area contributed by atoms with Crippen molar-refractivity contribution in [1.29, 1.82) is 0 Å². The first kappa shape index (κ1) is 12.5. The minimum absolute atomic E-state index is 0.0139. The van der Waals surface area contributed by atoms with E-state index in [4.69, 9.17) is 5.73 Å². The first-order valence-corrected chi connectivity index (χ1v) is 5.73. The highest BCUT2D eigenvalue weighted by Crippen LogP contribution is 2.30. The highest BCUT2D eigenvalue weighted by atomic mass is 16.2. The monoisotopic (exact) mass is 212 g/mol. The summed E-state index contributed by atoms with van der Waals surface area (Å²) in [5.74, 6) is 0.102. The third-order valence-electron chi connectivity index (χ3n) is 3.37. The van der Waals surface area contributed by atoms with Gasteiger partial charge in [0.05, 0.1) is 6.04 Å². The number of rotatable bonds is 1. The Kier molecular flexibility index (Phi) is 3.15. The van der Waals surface area contributed by atoms with E-state index in [0.717, 1.165) is 19.4 Å². The summed E-state index contributed by atoms with van der Waals surface area (Å²) in [7, 11) is 0. The van der Waals surface area contributed by atoms with Crippen molar-refractivity contribution in [3.05, 3.63) is 0 Å². The zero-order chi connectivity index (χ0) is 11.9. The second-order valence-corrected chi connectivity index (χ2v) is 6.25. The molecule has 0 bridgehead atoms. The lowest BCUT2D eigenvalue weighted by atomic mass is 9.86. The summed E-state index contributed by atoms with van der Waals surface area (Å²) < 4.78 is 0. The van der Waals surface area contributed by atoms with Crippen LogP contribution >= 0.6 is 0 Å². The molecule has 1 heterocycles. The number of nitrogens with two attached hydrogens (primary N) is 1. The predicted octanol–water partition coefficient (Wildman–Crippen LogP) is 1.76. The van der Waals surface area contributed by atoms with Gasteiger partial charge in [-0.15, -0.1) is 0 Å². The molecule has 1 saturated heterocycles. The molecule has 0 aromatic carbocycles. The largest absolute Gasteiger partial charge is 0.336 e. The van der Waals surface area contributed by atoms with Crippen molar-refractivity contribution in [2.75, 3.05) is 6.54 Å². The van der Waals surface area contributed by atoms with Gasteiger partial charge in [0.25, 0.3) is 0 Å². The Morgan fingerprint density at radius 2 is 1.93 bits per heavy atom. The van der Waals surface area contributed by atoms with Gasteiger partial charge in [-0.1, -0.05) is 20.8 Å². The average Bonchev–Trinajstić information content (AvgIpc) is 2.41. The van der Waals surface area contributed by atoms with E-state index >= 15 is 0 Å². The summed E-state index contributed by atoms with van der Waals surface area (Å²) in [5, 5.41) is 0. The van der Waals surface area contributed by atoms with Crippen molar-refractivity contribution >= 4 is 5.91 Å². The van der Waals surface area contributed by atoms with Crippen LogP contribution in [0.4, 0.5) is 0 Å². The lowest BCUT2D eigenvalue weighted by molar-refractivity contribution is -0.138. The molecule has 1 fully saturated rings. The van der Waals surface area contributed by atoms with Crippen LogP contribution in [0.3, 0.4) is 0 Å². The van der Waals surface area contributed by atoms with Crippen LogP contribution in [0.2, 0.25) is 0 Å². The minimum Gasteiger partial charge on any atom is -0.336 e. The fourth-order valence-corrected chi connectivity index (χ4v) is 2.05. The highest BCUT2D eigenvalue weighted by Gasteiger charge is 2.40. The molecule has 1 aliphatic rings. The number of hydrogen-bond donors (Lipinski definition) is 1. The lowest BCUT2D eigenvalue weighted by Crippen LogP contribution is -2.54. The zero-order valence-electron chi connectivity index (χ0n) is 10.6. The molecule has 1 atom stereocenters. The molecule has 3 nitrogen and oxygen atoms in total. The molecule has 15 heavy (non-hydrogen) atoms. The van der Waals surface area contributed by atoms with Crippen molar-refractivity contribution < 1.29 is 4.79 Å². The Balaban J connectivity index is 2.77. The van der Waals surface area contributed by atoms with Gasteiger partial charge in [0.15, 0.2) is 0 Å². The van der Waals surface area contributed by atoms with Crippen LogP contribution in [-0.4, -0.2) is 28.9 Å². The molecule has 0 aromatic rings. The van der Waals surface area contributed by atoms with Gasteiger partial charge in [-0.05, 0) is 32.1 Å². The van der Waals surface area contributed by atoms with Crippen LogP contribution in [0.25, 0.3) is 0 Å². The molecular weight excluding hydrogens is 188 g/mol. The van der Waals surface area contributed by atoms with E-state index in [0.29, 0.717) is 0 Å². The molecule has 1 amide bonds. The first-order chi connectivity index (χ1) is 6.66. The summed E-state index contributed by atoms with van der Waals surface area (Å²) in [6.45, 7) is 11.1. The van der Waals surface area contributed by atoms with E-state index in [9.17, 15) is 4.79 Å². The van der Waals surface area contributed by atoms with Crippen molar-refractivity contribution in [3.8, 4) is 0 Å². The van der Waals surface area contributed by atoms with Gasteiger partial charge in [-0.25, -0.2) is 0 Å². The van der Waals surface area contributed by atoms with Gasteiger partial charge in [-0.3, -0.25) is 4.79 Å². The van der Waals surface area contributed by atoms with Crippen molar-refractivity contribution in [1.82, 2.24) is 4.90 Å². The van der Waals surface area contributed by atoms with Crippen LogP contribution in [0.15, 0.2) is 0 Å². The summed E-state index contributed by atoms with van der Waals surface area (Å²) in [4.78, 5) is 14.2. The Hall–Kier alpha value is -0.570. The van der Waals surface area contributed by atoms with Crippen LogP contribution < -0.4 is 5.73 Å². The van der Waals surface area contributed by atoms with E-state index in [1.54, 1.807) is 0 Å². The Morgan fingerprint density at radius 3 is 2.27 bits per heavy atom. The number of carbonyl (C=O) groups is 1.